The van der Waals surface area contributed by atoms with Crippen LogP contribution in [0.25, 0.3) is 5.69 Å². The third-order valence-corrected chi connectivity index (χ3v) is 5.44. The normalized spacial score (nSPS) is 10.7. The largest absolute Gasteiger partial charge is 0.497 e. The van der Waals surface area contributed by atoms with Crippen LogP contribution in [-0.4, -0.2) is 58.3 Å². The lowest BCUT2D eigenvalue weighted by atomic mass is 10.2. The van der Waals surface area contributed by atoms with Crippen LogP contribution in [0, 0.1) is 13.8 Å². The van der Waals surface area contributed by atoms with Gasteiger partial charge in [-0.15, -0.1) is 0 Å². The lowest BCUT2D eigenvalue weighted by molar-refractivity contribution is -0.192. The summed E-state index contributed by atoms with van der Waals surface area (Å²) >= 11 is 0. The molecule has 0 aliphatic heterocycles. The van der Waals surface area contributed by atoms with E-state index in [9.17, 15) is 13.2 Å². The van der Waals surface area contributed by atoms with Gasteiger partial charge < -0.3 is 30.0 Å². The molecule has 2 aromatic carbocycles. The van der Waals surface area contributed by atoms with Crippen molar-refractivity contribution < 1.29 is 37.3 Å². The number of aliphatic carboxylic acids is 1. The Morgan fingerprint density at radius 1 is 0.950 bits per heavy atom. The monoisotopic (exact) mass is 560 g/mol. The maximum atomic E-state index is 10.6. The first-order chi connectivity index (χ1) is 19.0. The van der Waals surface area contributed by atoms with Gasteiger partial charge >= 0.3 is 12.1 Å². The van der Waals surface area contributed by atoms with E-state index in [1.165, 1.54) is 0 Å². The Bertz CT molecular complexity index is 1480. The number of nitrogens with one attached hydrogen (secondary N) is 2. The predicted molar refractivity (Wildman–Crippen MR) is 141 cm³/mol. The van der Waals surface area contributed by atoms with E-state index in [0.717, 1.165) is 34.2 Å². The molecular weight excluding hydrogens is 533 g/mol. The second-order valence-electron chi connectivity index (χ2n) is 8.06. The molecule has 0 unspecified atom stereocenters. The molecule has 4 aromatic rings. The van der Waals surface area contributed by atoms with Crippen LogP contribution in [0.3, 0.4) is 0 Å². The van der Waals surface area contributed by atoms with Gasteiger partial charge in [0.15, 0.2) is 11.5 Å². The van der Waals surface area contributed by atoms with Crippen LogP contribution in [0.2, 0.25) is 0 Å². The number of ether oxygens (including phenoxy) is 3. The molecule has 3 N–H and O–H groups in total. The summed E-state index contributed by atoms with van der Waals surface area (Å²) in [6.45, 7) is 3.99. The molecule has 0 spiro atoms. The van der Waals surface area contributed by atoms with Gasteiger partial charge in [0.05, 0.1) is 32.7 Å². The Hall–Kier alpha value is -5.01. The molecule has 0 radical (unpaired) electrons. The summed E-state index contributed by atoms with van der Waals surface area (Å²) in [7, 11) is 4.84. The van der Waals surface area contributed by atoms with E-state index >= 15 is 0 Å². The van der Waals surface area contributed by atoms with Crippen molar-refractivity contribution in [3.8, 4) is 22.9 Å². The molecule has 0 fully saturated rings. The van der Waals surface area contributed by atoms with Gasteiger partial charge in [0, 0.05) is 29.6 Å². The lowest BCUT2D eigenvalue weighted by Gasteiger charge is -2.13. The first-order valence-electron chi connectivity index (χ1n) is 11.6. The van der Waals surface area contributed by atoms with E-state index in [1.54, 1.807) is 33.6 Å². The molecule has 0 amide bonds. The summed E-state index contributed by atoms with van der Waals surface area (Å²) in [6, 6.07) is 15.1. The summed E-state index contributed by atoms with van der Waals surface area (Å²) in [5.41, 5.74) is 3.59. The SMILES string of the molecule is COc1cccc(-n2nc(C)c(C)c2Nc2ccnc(Nc3ccc(OC)c(OC)c3)n2)c1.O=C(O)C(F)(F)F. The molecular formula is C26H27F3N6O5. The van der Waals surface area contributed by atoms with Crippen molar-refractivity contribution in [2.24, 2.45) is 0 Å². The third kappa shape index (κ3) is 7.30. The number of halogens is 3. The zero-order valence-corrected chi connectivity index (χ0v) is 22.2. The van der Waals surface area contributed by atoms with Crippen LogP contribution in [0.5, 0.6) is 17.2 Å². The Balaban J connectivity index is 0.000000559. The molecule has 4 rings (SSSR count). The molecule has 40 heavy (non-hydrogen) atoms. The van der Waals surface area contributed by atoms with Crippen LogP contribution < -0.4 is 24.8 Å². The molecule has 0 bridgehead atoms. The predicted octanol–water partition coefficient (Wildman–Crippen LogP) is 5.43. The summed E-state index contributed by atoms with van der Waals surface area (Å²) in [6.07, 6.45) is -3.40. The maximum absolute atomic E-state index is 10.6. The van der Waals surface area contributed by atoms with Crippen molar-refractivity contribution in [1.82, 2.24) is 19.7 Å². The first kappa shape index (κ1) is 29.5. The van der Waals surface area contributed by atoms with Crippen molar-refractivity contribution in [1.29, 1.82) is 0 Å². The van der Waals surface area contributed by atoms with Crippen molar-refractivity contribution in [2.75, 3.05) is 32.0 Å². The van der Waals surface area contributed by atoms with Gasteiger partial charge in [-0.1, -0.05) is 6.07 Å². The van der Waals surface area contributed by atoms with E-state index in [4.69, 9.17) is 29.2 Å². The van der Waals surface area contributed by atoms with E-state index < -0.39 is 12.1 Å². The summed E-state index contributed by atoms with van der Waals surface area (Å²) in [4.78, 5) is 17.8. The topological polar surface area (TPSA) is 133 Å². The van der Waals surface area contributed by atoms with E-state index in [0.29, 0.717) is 23.3 Å². The van der Waals surface area contributed by atoms with Crippen LogP contribution >= 0.6 is 0 Å². The van der Waals surface area contributed by atoms with E-state index in [-0.39, 0.29) is 0 Å². The minimum absolute atomic E-state index is 0.439. The standard InChI is InChI=1S/C24H26N6O3.C2HF3O2/c1-15-16(2)29-30(18-7-6-8-19(14-18)31-3)23(15)27-22-11-12-25-24(28-22)26-17-9-10-20(32-4)21(13-17)33-5;3-2(4,5)1(6)7/h6-14H,1-5H3,(H2,25,26,27,28);(H,6,7). The second kappa shape index (κ2) is 12.7. The Morgan fingerprint density at radius 2 is 1.65 bits per heavy atom. The van der Waals surface area contributed by atoms with Crippen molar-refractivity contribution in [3.63, 3.8) is 0 Å². The molecule has 0 aliphatic rings. The van der Waals surface area contributed by atoms with Gasteiger partial charge in [-0.25, -0.2) is 14.5 Å². The van der Waals surface area contributed by atoms with Gasteiger partial charge in [-0.05, 0) is 44.2 Å². The lowest BCUT2D eigenvalue weighted by Crippen LogP contribution is -2.21. The molecule has 212 valence electrons. The number of carbonyl (C=O) groups is 1. The quantitative estimate of drug-likeness (QED) is 0.256. The highest BCUT2D eigenvalue weighted by Crippen LogP contribution is 2.31. The fourth-order valence-electron chi connectivity index (χ4n) is 3.33. The number of carboxylic acid groups (broad SMARTS) is 1. The number of aromatic nitrogens is 4. The van der Waals surface area contributed by atoms with Gasteiger partial charge in [-0.2, -0.15) is 23.3 Å². The number of rotatable bonds is 8. The highest BCUT2D eigenvalue weighted by Gasteiger charge is 2.38. The van der Waals surface area contributed by atoms with Crippen molar-refractivity contribution in [2.45, 2.75) is 20.0 Å². The van der Waals surface area contributed by atoms with Gasteiger partial charge in [0.2, 0.25) is 5.95 Å². The molecule has 0 aliphatic carbocycles. The Labute approximate surface area is 227 Å². The minimum atomic E-state index is -5.08. The van der Waals surface area contributed by atoms with Crippen molar-refractivity contribution in [3.05, 3.63) is 66.0 Å². The molecule has 2 aromatic heterocycles. The van der Waals surface area contributed by atoms with Crippen LogP contribution in [0.15, 0.2) is 54.7 Å². The van der Waals surface area contributed by atoms with Crippen LogP contribution in [-0.2, 0) is 4.79 Å². The second-order valence-corrected chi connectivity index (χ2v) is 8.06. The van der Waals surface area contributed by atoms with E-state index in [2.05, 4.69) is 20.6 Å². The van der Waals surface area contributed by atoms with Gasteiger partial charge in [0.25, 0.3) is 0 Å². The first-order valence-corrected chi connectivity index (χ1v) is 11.6. The zero-order valence-electron chi connectivity index (χ0n) is 22.2. The van der Waals surface area contributed by atoms with Crippen molar-refractivity contribution >= 4 is 29.2 Å². The fraction of sp³-hybridized carbons (Fsp3) is 0.231. The number of alkyl halides is 3. The summed E-state index contributed by atoms with van der Waals surface area (Å²) in [5.74, 6) is 1.15. The van der Waals surface area contributed by atoms with Gasteiger partial charge in [-0.3, -0.25) is 0 Å². The highest BCUT2D eigenvalue weighted by atomic mass is 19.4. The summed E-state index contributed by atoms with van der Waals surface area (Å²) in [5, 5.41) is 18.4. The van der Waals surface area contributed by atoms with Crippen LogP contribution in [0.4, 0.5) is 36.4 Å². The van der Waals surface area contributed by atoms with E-state index in [1.807, 2.05) is 61.0 Å². The molecule has 0 saturated carbocycles. The minimum Gasteiger partial charge on any atom is -0.497 e. The van der Waals surface area contributed by atoms with Gasteiger partial charge in [0.1, 0.15) is 17.4 Å². The number of hydrogen-bond acceptors (Lipinski definition) is 9. The Kier molecular flexibility index (Phi) is 9.37. The molecule has 0 saturated heterocycles. The maximum Gasteiger partial charge on any atom is 0.490 e. The average Bonchev–Trinajstić information content (AvgIpc) is 3.21. The molecule has 2 heterocycles. The number of carboxylic acids is 1. The third-order valence-electron chi connectivity index (χ3n) is 5.44. The average molecular weight is 561 g/mol. The number of methoxy groups -OCH3 is 3. The fourth-order valence-corrected chi connectivity index (χ4v) is 3.33. The zero-order chi connectivity index (χ0) is 29.4. The number of aryl methyl sites for hydroxylation is 1. The molecule has 0 atom stereocenters. The van der Waals surface area contributed by atoms with Crippen LogP contribution in [0.1, 0.15) is 11.3 Å². The summed E-state index contributed by atoms with van der Waals surface area (Å²) < 4.78 is 49.6. The molecule has 11 nitrogen and oxygen atoms in total. The number of benzene rings is 2. The molecule has 14 heteroatoms. The Morgan fingerprint density at radius 3 is 2.27 bits per heavy atom. The number of hydrogen-bond donors (Lipinski definition) is 3. The smallest absolute Gasteiger partial charge is 0.490 e. The highest BCUT2D eigenvalue weighted by molar-refractivity contribution is 5.73. The number of anilines is 4. The number of nitrogens with zero attached hydrogens (tertiary/aromatic N) is 4.